The van der Waals surface area contributed by atoms with E-state index < -0.39 is 0 Å². The fraction of sp³-hybridized carbons (Fsp3) is 0.643. The van der Waals surface area contributed by atoms with Crippen LogP contribution in [0, 0.1) is 12.8 Å². The van der Waals surface area contributed by atoms with E-state index >= 15 is 0 Å². The van der Waals surface area contributed by atoms with E-state index in [0.29, 0.717) is 18.0 Å². The van der Waals surface area contributed by atoms with Gasteiger partial charge in [0, 0.05) is 24.3 Å². The van der Waals surface area contributed by atoms with Crippen LogP contribution in [0.4, 0.5) is 5.69 Å². The summed E-state index contributed by atoms with van der Waals surface area (Å²) >= 11 is 0. The average molecular weight is 233 g/mol. The Morgan fingerprint density at radius 3 is 2.71 bits per heavy atom. The van der Waals surface area contributed by atoms with Crippen molar-refractivity contribution in [3.63, 3.8) is 0 Å². The van der Waals surface area contributed by atoms with Crippen LogP contribution in [0.15, 0.2) is 18.3 Å². The summed E-state index contributed by atoms with van der Waals surface area (Å²) in [4.78, 5) is 6.87. The summed E-state index contributed by atoms with van der Waals surface area (Å²) < 4.78 is 0. The van der Waals surface area contributed by atoms with Crippen molar-refractivity contribution in [3.05, 3.63) is 24.0 Å². The van der Waals surface area contributed by atoms with Crippen LogP contribution in [0.5, 0.6) is 0 Å². The predicted molar refractivity (Wildman–Crippen MR) is 72.4 cm³/mol. The summed E-state index contributed by atoms with van der Waals surface area (Å²) in [6, 6.07) is 5.48. The highest BCUT2D eigenvalue weighted by Crippen LogP contribution is 2.28. The van der Waals surface area contributed by atoms with Gasteiger partial charge in [0.15, 0.2) is 0 Å². The van der Waals surface area contributed by atoms with Crippen molar-refractivity contribution in [1.82, 2.24) is 10.3 Å². The molecule has 17 heavy (non-hydrogen) atoms. The summed E-state index contributed by atoms with van der Waals surface area (Å²) in [7, 11) is 2.07. The van der Waals surface area contributed by atoms with Gasteiger partial charge in [-0.3, -0.25) is 4.98 Å². The van der Waals surface area contributed by atoms with Crippen LogP contribution in [0.25, 0.3) is 0 Å². The normalized spacial score (nSPS) is 29.4. The molecule has 1 N–H and O–H groups in total. The van der Waals surface area contributed by atoms with Gasteiger partial charge in [-0.2, -0.15) is 0 Å². The van der Waals surface area contributed by atoms with Crippen molar-refractivity contribution in [3.8, 4) is 0 Å². The second kappa shape index (κ2) is 5.05. The minimum absolute atomic E-state index is 0.561. The molecule has 1 aliphatic rings. The molecule has 3 atom stereocenters. The van der Waals surface area contributed by atoms with Gasteiger partial charge in [-0.25, -0.2) is 0 Å². The van der Waals surface area contributed by atoms with Crippen LogP contribution in [-0.4, -0.2) is 30.7 Å². The van der Waals surface area contributed by atoms with E-state index in [1.165, 1.54) is 12.1 Å². The number of nitrogens with one attached hydrogen (secondary N) is 1. The molecule has 0 spiro atoms. The second-order valence-corrected chi connectivity index (χ2v) is 5.13. The molecule has 0 radical (unpaired) electrons. The number of pyridine rings is 1. The molecule has 0 bridgehead atoms. The Labute approximate surface area is 104 Å². The summed E-state index contributed by atoms with van der Waals surface area (Å²) in [5.74, 6) is 0.662. The predicted octanol–water partition coefficient (Wildman–Crippen LogP) is 2.21. The number of hydrogen-bond donors (Lipinski definition) is 1. The maximum absolute atomic E-state index is 4.40. The lowest BCUT2D eigenvalue weighted by molar-refractivity contribution is 0.282. The van der Waals surface area contributed by atoms with E-state index in [2.05, 4.69) is 48.2 Å². The molecule has 1 aromatic rings. The highest BCUT2D eigenvalue weighted by Gasteiger charge is 2.31. The van der Waals surface area contributed by atoms with Crippen LogP contribution in [0.1, 0.15) is 26.0 Å². The first-order valence-electron chi connectivity index (χ1n) is 6.50. The summed E-state index contributed by atoms with van der Waals surface area (Å²) in [6.45, 7) is 7.79. The minimum Gasteiger partial charge on any atom is -0.367 e. The summed E-state index contributed by atoms with van der Waals surface area (Å²) in [5, 5.41) is 3.42. The Balaban J connectivity index is 2.15. The number of anilines is 1. The molecule has 0 aliphatic carbocycles. The molecule has 1 fully saturated rings. The van der Waals surface area contributed by atoms with Gasteiger partial charge >= 0.3 is 0 Å². The van der Waals surface area contributed by atoms with Crippen molar-refractivity contribution in [2.45, 2.75) is 39.3 Å². The summed E-state index contributed by atoms with van der Waals surface area (Å²) in [5.41, 5.74) is 2.34. The maximum Gasteiger partial charge on any atom is 0.0555 e. The molecule has 3 nitrogen and oxygen atoms in total. The van der Waals surface area contributed by atoms with Crippen molar-refractivity contribution in [2.75, 3.05) is 18.5 Å². The molecular formula is C14H23N3. The fourth-order valence-electron chi connectivity index (χ4n) is 2.77. The molecule has 2 rings (SSSR count). The molecule has 0 amide bonds. The van der Waals surface area contributed by atoms with Gasteiger partial charge in [0.25, 0.3) is 0 Å². The monoisotopic (exact) mass is 233 g/mol. The Morgan fingerprint density at radius 1 is 1.35 bits per heavy atom. The van der Waals surface area contributed by atoms with Crippen LogP contribution >= 0.6 is 0 Å². The zero-order valence-corrected chi connectivity index (χ0v) is 11.3. The van der Waals surface area contributed by atoms with Gasteiger partial charge in [-0.15, -0.1) is 0 Å². The number of aryl methyl sites for hydroxylation is 1. The lowest BCUT2D eigenvalue weighted by Gasteiger charge is -2.43. The molecular weight excluding hydrogens is 210 g/mol. The first-order valence-corrected chi connectivity index (χ1v) is 6.50. The third kappa shape index (κ3) is 2.44. The lowest BCUT2D eigenvalue weighted by atomic mass is 9.87. The number of rotatable bonds is 2. The SMILES string of the molecule is CNC1CCN(c2ccc(C)nc2)C(C)C1C. The van der Waals surface area contributed by atoms with Crippen LogP contribution in [0.3, 0.4) is 0 Å². The Hall–Kier alpha value is -1.09. The topological polar surface area (TPSA) is 28.2 Å². The number of nitrogens with zero attached hydrogens (tertiary/aromatic N) is 2. The van der Waals surface area contributed by atoms with Crippen molar-refractivity contribution in [2.24, 2.45) is 5.92 Å². The molecule has 3 heteroatoms. The smallest absolute Gasteiger partial charge is 0.0555 e. The maximum atomic E-state index is 4.40. The van der Waals surface area contributed by atoms with E-state index in [4.69, 9.17) is 0 Å². The van der Waals surface area contributed by atoms with Crippen molar-refractivity contribution < 1.29 is 0 Å². The standard InChI is InChI=1S/C14H23N3/c1-10-5-6-13(9-16-10)17-8-7-14(15-4)11(2)12(17)3/h5-6,9,11-12,14-15H,7-8H2,1-4H3. The summed E-state index contributed by atoms with van der Waals surface area (Å²) in [6.07, 6.45) is 3.20. The first kappa shape index (κ1) is 12.4. The molecule has 3 unspecified atom stereocenters. The zero-order valence-electron chi connectivity index (χ0n) is 11.3. The van der Waals surface area contributed by atoms with E-state index in [0.717, 1.165) is 12.2 Å². The third-order valence-electron chi connectivity index (χ3n) is 4.17. The van der Waals surface area contributed by atoms with Gasteiger partial charge in [0.05, 0.1) is 11.9 Å². The molecule has 1 saturated heterocycles. The van der Waals surface area contributed by atoms with Crippen LogP contribution in [-0.2, 0) is 0 Å². The van der Waals surface area contributed by atoms with Crippen LogP contribution < -0.4 is 10.2 Å². The lowest BCUT2D eigenvalue weighted by Crippen LogP contribution is -2.52. The molecule has 94 valence electrons. The first-order chi connectivity index (χ1) is 8.13. The van der Waals surface area contributed by atoms with E-state index in [-0.39, 0.29) is 0 Å². The van der Waals surface area contributed by atoms with Gasteiger partial charge in [0.1, 0.15) is 0 Å². The fourth-order valence-corrected chi connectivity index (χ4v) is 2.77. The number of hydrogen-bond acceptors (Lipinski definition) is 3. The van der Waals surface area contributed by atoms with Crippen molar-refractivity contribution in [1.29, 1.82) is 0 Å². The van der Waals surface area contributed by atoms with E-state index in [1.54, 1.807) is 0 Å². The minimum atomic E-state index is 0.561. The Kier molecular flexibility index (Phi) is 3.67. The van der Waals surface area contributed by atoms with Gasteiger partial charge < -0.3 is 10.2 Å². The van der Waals surface area contributed by atoms with Gasteiger partial charge in [-0.05, 0) is 45.4 Å². The van der Waals surface area contributed by atoms with Crippen LogP contribution in [0.2, 0.25) is 0 Å². The van der Waals surface area contributed by atoms with Gasteiger partial charge in [-0.1, -0.05) is 6.92 Å². The van der Waals surface area contributed by atoms with Crippen molar-refractivity contribution >= 4 is 5.69 Å². The zero-order chi connectivity index (χ0) is 12.4. The quantitative estimate of drug-likeness (QED) is 0.849. The van der Waals surface area contributed by atoms with E-state index in [1.807, 2.05) is 13.1 Å². The average Bonchev–Trinajstić information content (AvgIpc) is 2.34. The van der Waals surface area contributed by atoms with E-state index in [9.17, 15) is 0 Å². The molecule has 0 saturated carbocycles. The highest BCUT2D eigenvalue weighted by molar-refractivity contribution is 5.46. The van der Waals surface area contributed by atoms with Gasteiger partial charge in [0.2, 0.25) is 0 Å². The molecule has 1 aliphatic heterocycles. The Morgan fingerprint density at radius 2 is 2.12 bits per heavy atom. The second-order valence-electron chi connectivity index (χ2n) is 5.13. The number of aromatic nitrogens is 1. The Bertz CT molecular complexity index is 360. The third-order valence-corrected chi connectivity index (χ3v) is 4.17. The highest BCUT2D eigenvalue weighted by atomic mass is 15.2. The molecule has 0 aromatic carbocycles. The molecule has 1 aromatic heterocycles. The largest absolute Gasteiger partial charge is 0.367 e. The molecule has 2 heterocycles. The number of piperidine rings is 1.